The Morgan fingerprint density at radius 1 is 1.45 bits per heavy atom. The van der Waals surface area contributed by atoms with Gasteiger partial charge in [-0.1, -0.05) is 18.2 Å². The molecule has 108 valence electrons. The molecular formula is C17H22O3. The molecule has 2 aliphatic rings. The molecule has 3 rings (SSSR count). The molecule has 0 aromatic heterocycles. The van der Waals surface area contributed by atoms with Crippen LogP contribution in [0.1, 0.15) is 56.6 Å². The fourth-order valence-electron chi connectivity index (χ4n) is 3.20. The molecule has 1 fully saturated rings. The van der Waals surface area contributed by atoms with Gasteiger partial charge in [0.25, 0.3) is 0 Å². The standard InChI is InChI=1S/C17H22O3/c1-17(2)9-8-12-4-3-5-13(16(12)20-17)14(10-15(18)19)11-6-7-11/h3-5,11,14H,6-10H2,1-2H3,(H,18,19). The van der Waals surface area contributed by atoms with Crippen molar-refractivity contribution < 1.29 is 14.6 Å². The Morgan fingerprint density at radius 2 is 2.20 bits per heavy atom. The van der Waals surface area contributed by atoms with Crippen molar-refractivity contribution in [3.05, 3.63) is 29.3 Å². The average molecular weight is 274 g/mol. The van der Waals surface area contributed by atoms with E-state index in [1.807, 2.05) is 6.07 Å². The molecule has 0 radical (unpaired) electrons. The molecule has 0 bridgehead atoms. The van der Waals surface area contributed by atoms with E-state index < -0.39 is 5.97 Å². The Labute approximate surface area is 120 Å². The van der Waals surface area contributed by atoms with Crippen molar-refractivity contribution in [1.82, 2.24) is 0 Å². The highest BCUT2D eigenvalue weighted by atomic mass is 16.5. The SMILES string of the molecule is CC1(C)CCc2cccc(C(CC(=O)O)C3CC3)c2O1. The molecule has 0 spiro atoms. The lowest BCUT2D eigenvalue weighted by Gasteiger charge is -2.35. The van der Waals surface area contributed by atoms with Gasteiger partial charge in [-0.2, -0.15) is 0 Å². The van der Waals surface area contributed by atoms with Crippen LogP contribution in [-0.4, -0.2) is 16.7 Å². The second-order valence-corrected chi connectivity index (χ2v) is 6.74. The number of carboxylic acid groups (broad SMARTS) is 1. The minimum Gasteiger partial charge on any atom is -0.487 e. The number of hydrogen-bond donors (Lipinski definition) is 1. The number of carbonyl (C=O) groups is 1. The van der Waals surface area contributed by atoms with Crippen molar-refractivity contribution in [2.75, 3.05) is 0 Å². The number of carboxylic acids is 1. The maximum Gasteiger partial charge on any atom is 0.303 e. The summed E-state index contributed by atoms with van der Waals surface area (Å²) >= 11 is 0. The monoisotopic (exact) mass is 274 g/mol. The molecule has 1 aliphatic carbocycles. The zero-order chi connectivity index (χ0) is 14.3. The van der Waals surface area contributed by atoms with Gasteiger partial charge in [-0.3, -0.25) is 4.79 Å². The van der Waals surface area contributed by atoms with Crippen molar-refractivity contribution in [3.63, 3.8) is 0 Å². The van der Waals surface area contributed by atoms with E-state index in [4.69, 9.17) is 4.74 Å². The number of aliphatic carboxylic acids is 1. The molecule has 1 unspecified atom stereocenters. The van der Waals surface area contributed by atoms with Crippen LogP contribution in [0.15, 0.2) is 18.2 Å². The van der Waals surface area contributed by atoms with Crippen LogP contribution in [0.25, 0.3) is 0 Å². The molecular weight excluding hydrogens is 252 g/mol. The number of fused-ring (bicyclic) bond motifs is 1. The van der Waals surface area contributed by atoms with Gasteiger partial charge in [0.1, 0.15) is 11.4 Å². The van der Waals surface area contributed by atoms with Crippen LogP contribution < -0.4 is 4.74 Å². The maximum absolute atomic E-state index is 11.2. The van der Waals surface area contributed by atoms with Crippen molar-refractivity contribution >= 4 is 5.97 Å². The molecule has 1 atom stereocenters. The second-order valence-electron chi connectivity index (χ2n) is 6.74. The number of hydrogen-bond acceptors (Lipinski definition) is 2. The summed E-state index contributed by atoms with van der Waals surface area (Å²) in [6.07, 6.45) is 4.53. The fraction of sp³-hybridized carbons (Fsp3) is 0.588. The molecule has 3 nitrogen and oxygen atoms in total. The third-order valence-electron chi connectivity index (χ3n) is 4.49. The summed E-state index contributed by atoms with van der Waals surface area (Å²) < 4.78 is 6.20. The quantitative estimate of drug-likeness (QED) is 0.909. The zero-order valence-corrected chi connectivity index (χ0v) is 12.2. The Balaban J connectivity index is 1.98. The first kappa shape index (κ1) is 13.5. The first-order chi connectivity index (χ1) is 9.46. The summed E-state index contributed by atoms with van der Waals surface area (Å²) in [5.74, 6) is 0.874. The molecule has 1 aliphatic heterocycles. The van der Waals surface area contributed by atoms with Gasteiger partial charge in [-0.25, -0.2) is 0 Å². The molecule has 1 saturated carbocycles. The summed E-state index contributed by atoms with van der Waals surface area (Å²) in [6, 6.07) is 6.22. The van der Waals surface area contributed by atoms with Gasteiger partial charge in [-0.05, 0) is 56.6 Å². The summed E-state index contributed by atoms with van der Waals surface area (Å²) in [5, 5.41) is 9.19. The van der Waals surface area contributed by atoms with Gasteiger partial charge in [0.2, 0.25) is 0 Å². The lowest BCUT2D eigenvalue weighted by molar-refractivity contribution is -0.137. The minimum atomic E-state index is -0.713. The van der Waals surface area contributed by atoms with Crippen LogP contribution in [0, 0.1) is 5.92 Å². The van der Waals surface area contributed by atoms with Gasteiger partial charge in [0.15, 0.2) is 0 Å². The van der Waals surface area contributed by atoms with E-state index in [0.717, 1.165) is 37.0 Å². The van der Waals surface area contributed by atoms with E-state index in [-0.39, 0.29) is 17.9 Å². The van der Waals surface area contributed by atoms with E-state index in [2.05, 4.69) is 26.0 Å². The van der Waals surface area contributed by atoms with Crippen molar-refractivity contribution in [3.8, 4) is 5.75 Å². The van der Waals surface area contributed by atoms with Crippen molar-refractivity contribution in [1.29, 1.82) is 0 Å². The predicted molar refractivity (Wildman–Crippen MR) is 77.2 cm³/mol. The van der Waals surface area contributed by atoms with Gasteiger partial charge in [0.05, 0.1) is 6.42 Å². The van der Waals surface area contributed by atoms with Crippen LogP contribution in [0.3, 0.4) is 0 Å². The Bertz CT molecular complexity index is 529. The van der Waals surface area contributed by atoms with Crippen LogP contribution in [-0.2, 0) is 11.2 Å². The highest BCUT2D eigenvalue weighted by molar-refractivity contribution is 5.68. The zero-order valence-electron chi connectivity index (χ0n) is 12.2. The lowest BCUT2D eigenvalue weighted by atomic mass is 9.85. The molecule has 3 heteroatoms. The van der Waals surface area contributed by atoms with E-state index in [0.29, 0.717) is 5.92 Å². The second kappa shape index (κ2) is 4.80. The van der Waals surface area contributed by atoms with Gasteiger partial charge in [0, 0.05) is 5.92 Å². The van der Waals surface area contributed by atoms with Gasteiger partial charge < -0.3 is 9.84 Å². The van der Waals surface area contributed by atoms with E-state index in [1.165, 1.54) is 5.56 Å². The minimum absolute atomic E-state index is 0.108. The predicted octanol–water partition coefficient (Wildman–Crippen LogP) is 3.76. The molecule has 0 amide bonds. The highest BCUT2D eigenvalue weighted by Crippen LogP contribution is 2.49. The van der Waals surface area contributed by atoms with E-state index in [9.17, 15) is 9.90 Å². The average Bonchev–Trinajstić information content (AvgIpc) is 3.18. The number of benzene rings is 1. The topological polar surface area (TPSA) is 46.5 Å². The largest absolute Gasteiger partial charge is 0.487 e. The van der Waals surface area contributed by atoms with Crippen LogP contribution in [0.2, 0.25) is 0 Å². The molecule has 1 heterocycles. The van der Waals surface area contributed by atoms with Crippen LogP contribution in [0.4, 0.5) is 0 Å². The summed E-state index contributed by atoms with van der Waals surface area (Å²) in [5.41, 5.74) is 2.19. The third-order valence-corrected chi connectivity index (χ3v) is 4.49. The Hall–Kier alpha value is -1.51. The Kier molecular flexibility index (Phi) is 3.23. The van der Waals surface area contributed by atoms with Gasteiger partial charge >= 0.3 is 5.97 Å². The highest BCUT2D eigenvalue weighted by Gasteiger charge is 2.37. The first-order valence-corrected chi connectivity index (χ1v) is 7.49. The van der Waals surface area contributed by atoms with Crippen molar-refractivity contribution in [2.45, 2.75) is 57.5 Å². The van der Waals surface area contributed by atoms with E-state index in [1.54, 1.807) is 0 Å². The molecule has 0 saturated heterocycles. The molecule has 1 aromatic rings. The van der Waals surface area contributed by atoms with Crippen LogP contribution >= 0.6 is 0 Å². The summed E-state index contributed by atoms with van der Waals surface area (Å²) in [7, 11) is 0. The number of aryl methyl sites for hydroxylation is 1. The number of ether oxygens (including phenoxy) is 1. The van der Waals surface area contributed by atoms with Gasteiger partial charge in [-0.15, -0.1) is 0 Å². The number of para-hydroxylation sites is 1. The number of rotatable bonds is 4. The normalized spacial score (nSPS) is 21.7. The Morgan fingerprint density at radius 3 is 2.85 bits per heavy atom. The lowest BCUT2D eigenvalue weighted by Crippen LogP contribution is -2.33. The maximum atomic E-state index is 11.2. The molecule has 1 aromatic carbocycles. The summed E-state index contributed by atoms with van der Waals surface area (Å²) in [6.45, 7) is 4.21. The third kappa shape index (κ3) is 2.67. The van der Waals surface area contributed by atoms with E-state index >= 15 is 0 Å². The van der Waals surface area contributed by atoms with Crippen molar-refractivity contribution in [2.24, 2.45) is 5.92 Å². The van der Waals surface area contributed by atoms with Crippen LogP contribution in [0.5, 0.6) is 5.75 Å². The molecule has 1 N–H and O–H groups in total. The molecule has 20 heavy (non-hydrogen) atoms. The fourth-order valence-corrected chi connectivity index (χ4v) is 3.20. The smallest absolute Gasteiger partial charge is 0.303 e. The first-order valence-electron chi connectivity index (χ1n) is 7.49. The summed E-state index contributed by atoms with van der Waals surface area (Å²) in [4.78, 5) is 11.2.